The van der Waals surface area contributed by atoms with Crippen molar-refractivity contribution in [1.29, 1.82) is 0 Å². The van der Waals surface area contributed by atoms with Crippen molar-refractivity contribution in [2.24, 2.45) is 5.41 Å². The predicted molar refractivity (Wildman–Crippen MR) is 132 cm³/mol. The molecule has 13 heteroatoms. The predicted octanol–water partition coefficient (Wildman–Crippen LogP) is 0.256. The van der Waals surface area contributed by atoms with Crippen molar-refractivity contribution < 1.29 is 42.9 Å². The Balaban J connectivity index is 2.43. The van der Waals surface area contributed by atoms with Crippen LogP contribution in [0.15, 0.2) is 12.2 Å². The van der Waals surface area contributed by atoms with Crippen LogP contribution < -0.4 is 16.0 Å². The molecule has 36 heavy (non-hydrogen) atoms. The van der Waals surface area contributed by atoms with Crippen LogP contribution in [0.1, 0.15) is 40.0 Å². The molecule has 1 aliphatic heterocycles. The topological polar surface area (TPSA) is 158 Å². The number of rotatable bonds is 14. The third-order valence-electron chi connectivity index (χ3n) is 5.13. The van der Waals surface area contributed by atoms with Gasteiger partial charge in [0.05, 0.1) is 13.7 Å². The fraction of sp³-hybridized carbons (Fsp3) is 0.696. The van der Waals surface area contributed by atoms with Crippen molar-refractivity contribution in [3.8, 4) is 0 Å². The van der Waals surface area contributed by atoms with Crippen LogP contribution in [0.3, 0.4) is 0 Å². The SMILES string of the molecule is COC(=O)/C=C/C(=O)SCCNC(=O)CCNC(=O)[C@@H]1OC(CCCNC(C)=O)(OC)OCC1(C)C. The van der Waals surface area contributed by atoms with Crippen LogP contribution in [0, 0.1) is 5.41 Å². The molecule has 1 heterocycles. The van der Waals surface area contributed by atoms with Crippen molar-refractivity contribution in [3.05, 3.63) is 12.2 Å². The summed E-state index contributed by atoms with van der Waals surface area (Å²) >= 11 is 0.950. The van der Waals surface area contributed by atoms with E-state index in [9.17, 15) is 24.0 Å². The van der Waals surface area contributed by atoms with Crippen molar-refractivity contribution >= 4 is 40.6 Å². The number of methoxy groups -OCH3 is 2. The van der Waals surface area contributed by atoms with Gasteiger partial charge in [-0.3, -0.25) is 19.2 Å². The van der Waals surface area contributed by atoms with Gasteiger partial charge in [0.2, 0.25) is 22.8 Å². The van der Waals surface area contributed by atoms with Gasteiger partial charge in [0.25, 0.3) is 5.97 Å². The van der Waals surface area contributed by atoms with E-state index in [1.807, 2.05) is 13.8 Å². The van der Waals surface area contributed by atoms with E-state index in [4.69, 9.17) is 14.2 Å². The number of esters is 1. The van der Waals surface area contributed by atoms with Crippen LogP contribution in [0.4, 0.5) is 0 Å². The number of hydrogen-bond donors (Lipinski definition) is 3. The summed E-state index contributed by atoms with van der Waals surface area (Å²) in [7, 11) is 2.64. The molecule has 1 fully saturated rings. The number of carbonyl (C=O) groups is 5. The first kappa shape index (κ1) is 31.5. The van der Waals surface area contributed by atoms with Crippen LogP contribution in [-0.2, 0) is 42.9 Å². The number of carbonyl (C=O) groups excluding carboxylic acids is 5. The second-order valence-electron chi connectivity index (χ2n) is 8.66. The summed E-state index contributed by atoms with van der Waals surface area (Å²) in [4.78, 5) is 58.5. The first-order chi connectivity index (χ1) is 16.9. The Morgan fingerprint density at radius 3 is 2.39 bits per heavy atom. The van der Waals surface area contributed by atoms with Gasteiger partial charge in [0.1, 0.15) is 6.10 Å². The maximum absolute atomic E-state index is 12.9. The summed E-state index contributed by atoms with van der Waals surface area (Å²) in [6.45, 7) is 6.07. The molecule has 2 atom stereocenters. The summed E-state index contributed by atoms with van der Waals surface area (Å²) < 4.78 is 21.6. The molecule has 0 saturated carbocycles. The van der Waals surface area contributed by atoms with E-state index in [1.165, 1.54) is 21.1 Å². The lowest BCUT2D eigenvalue weighted by molar-refractivity contribution is -0.425. The van der Waals surface area contributed by atoms with Crippen LogP contribution in [0.25, 0.3) is 0 Å². The Morgan fingerprint density at radius 1 is 1.03 bits per heavy atom. The quantitative estimate of drug-likeness (QED) is 0.161. The lowest BCUT2D eigenvalue weighted by atomic mass is 9.85. The summed E-state index contributed by atoms with van der Waals surface area (Å²) in [5, 5.41) is 7.74. The summed E-state index contributed by atoms with van der Waals surface area (Å²) in [6, 6.07) is 0. The van der Waals surface area contributed by atoms with E-state index in [0.29, 0.717) is 25.1 Å². The molecule has 0 aromatic carbocycles. The smallest absolute Gasteiger partial charge is 0.330 e. The van der Waals surface area contributed by atoms with Gasteiger partial charge in [-0.1, -0.05) is 25.6 Å². The highest BCUT2D eigenvalue weighted by atomic mass is 32.2. The molecule has 204 valence electrons. The van der Waals surface area contributed by atoms with E-state index in [2.05, 4.69) is 20.7 Å². The highest BCUT2D eigenvalue weighted by molar-refractivity contribution is 8.14. The molecule has 3 N–H and O–H groups in total. The Hall–Kier alpha value is -2.48. The number of nitrogens with one attached hydrogen (secondary N) is 3. The molecule has 3 amide bonds. The maximum Gasteiger partial charge on any atom is 0.330 e. The second-order valence-corrected chi connectivity index (χ2v) is 9.76. The fourth-order valence-electron chi connectivity index (χ4n) is 3.14. The average Bonchev–Trinajstić information content (AvgIpc) is 2.83. The zero-order chi connectivity index (χ0) is 27.2. The first-order valence-electron chi connectivity index (χ1n) is 11.5. The Kier molecular flexibility index (Phi) is 13.7. The number of thioether (sulfide) groups is 1. The van der Waals surface area contributed by atoms with Gasteiger partial charge in [-0.25, -0.2) is 4.79 Å². The molecule has 0 aromatic heterocycles. The highest BCUT2D eigenvalue weighted by Gasteiger charge is 2.50. The van der Waals surface area contributed by atoms with Crippen molar-refractivity contribution in [2.45, 2.75) is 52.1 Å². The summed E-state index contributed by atoms with van der Waals surface area (Å²) in [5.41, 5.74) is -0.641. The van der Waals surface area contributed by atoms with E-state index in [1.54, 1.807) is 0 Å². The highest BCUT2D eigenvalue weighted by Crippen LogP contribution is 2.37. The van der Waals surface area contributed by atoms with Crippen molar-refractivity contribution in [2.75, 3.05) is 46.2 Å². The number of amides is 3. The van der Waals surface area contributed by atoms with Gasteiger partial charge in [-0.2, -0.15) is 0 Å². The summed E-state index contributed by atoms with van der Waals surface area (Å²) in [5.74, 6) is -2.52. The van der Waals surface area contributed by atoms with Gasteiger partial charge in [0.15, 0.2) is 0 Å². The van der Waals surface area contributed by atoms with Gasteiger partial charge >= 0.3 is 5.97 Å². The largest absolute Gasteiger partial charge is 0.466 e. The monoisotopic (exact) mass is 531 g/mol. The molecule has 0 aromatic rings. The average molecular weight is 532 g/mol. The van der Waals surface area contributed by atoms with Crippen LogP contribution >= 0.6 is 11.8 Å². The van der Waals surface area contributed by atoms with E-state index >= 15 is 0 Å². The van der Waals surface area contributed by atoms with Gasteiger partial charge < -0.3 is 34.9 Å². The fourth-order valence-corrected chi connectivity index (χ4v) is 3.71. The number of ether oxygens (including phenoxy) is 4. The molecule has 0 radical (unpaired) electrons. The first-order valence-corrected chi connectivity index (χ1v) is 12.5. The van der Waals surface area contributed by atoms with E-state index in [0.717, 1.165) is 23.9 Å². The molecule has 0 aliphatic carbocycles. The summed E-state index contributed by atoms with van der Waals surface area (Å²) in [6.07, 6.45) is 2.13. The second kappa shape index (κ2) is 15.6. The lowest BCUT2D eigenvalue weighted by Gasteiger charge is -2.46. The minimum Gasteiger partial charge on any atom is -0.466 e. The Morgan fingerprint density at radius 2 is 1.75 bits per heavy atom. The molecular weight excluding hydrogens is 494 g/mol. The molecule has 0 bridgehead atoms. The lowest BCUT2D eigenvalue weighted by Crippen LogP contribution is -2.59. The zero-order valence-electron chi connectivity index (χ0n) is 21.5. The van der Waals surface area contributed by atoms with Crippen LogP contribution in [0.5, 0.6) is 0 Å². The third-order valence-corrected chi connectivity index (χ3v) is 5.96. The van der Waals surface area contributed by atoms with E-state index < -0.39 is 29.4 Å². The normalized spacial score (nSPS) is 21.0. The van der Waals surface area contributed by atoms with Gasteiger partial charge in [-0.05, 0) is 12.5 Å². The van der Waals surface area contributed by atoms with Gasteiger partial charge in [0, 0.05) is 63.8 Å². The van der Waals surface area contributed by atoms with Crippen molar-refractivity contribution in [3.63, 3.8) is 0 Å². The van der Waals surface area contributed by atoms with Crippen LogP contribution in [-0.4, -0.2) is 87.1 Å². The molecular formula is C23H37N3O9S. The minimum atomic E-state index is -1.41. The molecule has 1 rings (SSSR count). The van der Waals surface area contributed by atoms with Gasteiger partial charge in [-0.15, -0.1) is 0 Å². The van der Waals surface area contributed by atoms with Crippen molar-refractivity contribution in [1.82, 2.24) is 16.0 Å². The molecule has 0 spiro atoms. The molecule has 12 nitrogen and oxygen atoms in total. The Bertz CT molecular complexity index is 819. The number of hydrogen-bond acceptors (Lipinski definition) is 10. The third kappa shape index (κ3) is 11.5. The zero-order valence-corrected chi connectivity index (χ0v) is 22.3. The molecule has 1 saturated heterocycles. The van der Waals surface area contributed by atoms with Crippen LogP contribution in [0.2, 0.25) is 0 Å². The Labute approximate surface area is 215 Å². The minimum absolute atomic E-state index is 0.0440. The maximum atomic E-state index is 12.9. The molecule has 1 aliphatic rings. The standard InChI is InChI=1S/C23H37N3O9S/c1-16(27)24-11-6-10-23(33-5)34-15-22(2,3)20(35-23)21(31)26-12-9-17(28)25-13-14-36-19(30)8-7-18(29)32-4/h7-8,20H,6,9-15H2,1-5H3,(H,24,27)(H,25,28)(H,26,31)/b8-7+/t20-,23?/m0/s1. The molecule has 1 unspecified atom stereocenters. The van der Waals surface area contributed by atoms with E-state index in [-0.39, 0.29) is 43.0 Å².